The van der Waals surface area contributed by atoms with Gasteiger partial charge in [-0.05, 0) is 25.0 Å². The van der Waals surface area contributed by atoms with Crippen LogP contribution in [0.2, 0.25) is 0 Å². The molecule has 0 atom stereocenters. The van der Waals surface area contributed by atoms with Gasteiger partial charge in [0, 0.05) is 6.04 Å². The van der Waals surface area contributed by atoms with Gasteiger partial charge in [0.25, 0.3) is 0 Å². The minimum atomic E-state index is -3.90. The second-order valence-corrected chi connectivity index (χ2v) is 5.57. The fourth-order valence-corrected chi connectivity index (χ4v) is 3.25. The average molecular weight is 256 g/mol. The third kappa shape index (κ3) is 2.48. The number of hydrogen-bond donors (Lipinski definition) is 2. The van der Waals surface area contributed by atoms with Gasteiger partial charge in [0.1, 0.15) is 10.7 Å². The first-order valence-corrected chi connectivity index (χ1v) is 6.70. The van der Waals surface area contributed by atoms with Gasteiger partial charge in [0.15, 0.2) is 0 Å². The van der Waals surface area contributed by atoms with Gasteiger partial charge in [-0.15, -0.1) is 0 Å². The van der Waals surface area contributed by atoms with E-state index >= 15 is 0 Å². The van der Waals surface area contributed by atoms with Gasteiger partial charge >= 0.3 is 0 Å². The number of sulfonamides is 1. The maximum absolute atomic E-state index is 13.5. The van der Waals surface area contributed by atoms with Crippen molar-refractivity contribution in [2.24, 2.45) is 0 Å². The molecule has 1 aromatic carbocycles. The van der Waals surface area contributed by atoms with Gasteiger partial charge in [0.2, 0.25) is 10.0 Å². The molecule has 3 N–H and O–H groups in total. The molecule has 0 unspecified atom stereocenters. The Morgan fingerprint density at radius 3 is 2.53 bits per heavy atom. The fourth-order valence-electron chi connectivity index (χ4n) is 1.80. The Labute approximate surface area is 99.4 Å². The Balaban J connectivity index is 2.31. The van der Waals surface area contributed by atoms with Crippen LogP contribution >= 0.6 is 0 Å². The molecule has 0 aromatic heterocycles. The molecule has 4 nitrogen and oxygen atoms in total. The first kappa shape index (κ1) is 12.1. The highest BCUT2D eigenvalue weighted by Crippen LogP contribution is 2.23. The summed E-state index contributed by atoms with van der Waals surface area (Å²) >= 11 is 0. The van der Waals surface area contributed by atoms with Gasteiger partial charge in [-0.2, -0.15) is 0 Å². The van der Waals surface area contributed by atoms with Crippen LogP contribution in [0.4, 0.5) is 10.1 Å². The summed E-state index contributed by atoms with van der Waals surface area (Å²) in [7, 11) is -3.90. The highest BCUT2D eigenvalue weighted by Gasteiger charge is 2.25. The minimum absolute atomic E-state index is 0.0801. The first-order valence-electron chi connectivity index (χ1n) is 5.22. The van der Waals surface area contributed by atoms with E-state index in [9.17, 15) is 12.8 Å². The molecule has 1 aliphatic rings. The smallest absolute Gasteiger partial charge is 0.245 e. The van der Waals surface area contributed by atoms with E-state index in [1.54, 1.807) is 0 Å². The lowest BCUT2D eigenvalue weighted by Crippen LogP contribution is -2.33. The number of nitrogens with one attached hydrogen (secondary N) is 1. The predicted octanol–water partition coefficient (Wildman–Crippen LogP) is 1.40. The summed E-state index contributed by atoms with van der Waals surface area (Å²) in [5.41, 5.74) is 5.43. The molecule has 0 saturated carbocycles. The maximum Gasteiger partial charge on any atom is 0.245 e. The number of nitrogens with two attached hydrogens (primary N) is 1. The summed E-state index contributed by atoms with van der Waals surface area (Å²) in [5, 5.41) is 0. The summed E-state index contributed by atoms with van der Waals surface area (Å²) in [6, 6.07) is 3.61. The second kappa shape index (κ2) is 4.46. The van der Waals surface area contributed by atoms with Gasteiger partial charge in [-0.25, -0.2) is 17.5 Å². The van der Waals surface area contributed by atoms with Gasteiger partial charge < -0.3 is 5.73 Å². The van der Waals surface area contributed by atoms with E-state index in [-0.39, 0.29) is 11.7 Å². The Morgan fingerprint density at radius 1 is 1.29 bits per heavy atom. The van der Waals surface area contributed by atoms with Gasteiger partial charge in [-0.1, -0.05) is 18.2 Å². The molecular weight excluding hydrogens is 243 g/mol. The zero-order valence-electron chi connectivity index (χ0n) is 9.06. The van der Waals surface area contributed by atoms with Crippen LogP contribution in [0.1, 0.15) is 12.8 Å². The Morgan fingerprint density at radius 2 is 1.94 bits per heavy atom. The SMILES string of the molecule is Nc1cccc(F)c1S(=O)(=O)NC1CC=CC1. The third-order valence-electron chi connectivity index (χ3n) is 2.60. The van der Waals surface area contributed by atoms with Crippen molar-refractivity contribution < 1.29 is 12.8 Å². The molecule has 17 heavy (non-hydrogen) atoms. The monoisotopic (exact) mass is 256 g/mol. The van der Waals surface area contributed by atoms with Crippen molar-refractivity contribution >= 4 is 15.7 Å². The van der Waals surface area contributed by atoms with Crippen LogP contribution in [0.3, 0.4) is 0 Å². The van der Waals surface area contributed by atoms with Crippen LogP contribution in [0.5, 0.6) is 0 Å². The highest BCUT2D eigenvalue weighted by atomic mass is 32.2. The van der Waals surface area contributed by atoms with E-state index in [0.717, 1.165) is 6.07 Å². The van der Waals surface area contributed by atoms with Crippen LogP contribution in [-0.2, 0) is 10.0 Å². The number of anilines is 1. The van der Waals surface area contributed by atoms with Crippen molar-refractivity contribution in [1.29, 1.82) is 0 Å². The molecule has 0 saturated heterocycles. The predicted molar refractivity (Wildman–Crippen MR) is 63.3 cm³/mol. The van der Waals surface area contributed by atoms with Crippen LogP contribution in [0.25, 0.3) is 0 Å². The van der Waals surface area contributed by atoms with Gasteiger partial charge in [-0.3, -0.25) is 0 Å². The fraction of sp³-hybridized carbons (Fsp3) is 0.273. The molecule has 92 valence electrons. The topological polar surface area (TPSA) is 72.2 Å². The molecule has 0 spiro atoms. The lowest BCUT2D eigenvalue weighted by Gasteiger charge is -2.14. The van der Waals surface area contributed by atoms with E-state index in [4.69, 9.17) is 5.73 Å². The lowest BCUT2D eigenvalue weighted by molar-refractivity contribution is 0.541. The number of nitrogen functional groups attached to an aromatic ring is 1. The quantitative estimate of drug-likeness (QED) is 0.634. The molecule has 0 amide bonds. The Hall–Kier alpha value is -1.40. The summed E-state index contributed by atoms with van der Waals surface area (Å²) in [6.45, 7) is 0. The molecular formula is C11H13FN2O2S. The van der Waals surface area contributed by atoms with Crippen LogP contribution < -0.4 is 10.5 Å². The second-order valence-electron chi connectivity index (χ2n) is 3.92. The van der Waals surface area contributed by atoms with Crippen molar-refractivity contribution in [3.8, 4) is 0 Å². The van der Waals surface area contributed by atoms with Gasteiger partial charge in [0.05, 0.1) is 5.69 Å². The molecule has 2 rings (SSSR count). The zero-order valence-corrected chi connectivity index (χ0v) is 9.87. The van der Waals surface area contributed by atoms with Crippen molar-refractivity contribution in [3.05, 3.63) is 36.2 Å². The van der Waals surface area contributed by atoms with E-state index < -0.39 is 20.7 Å². The molecule has 6 heteroatoms. The number of rotatable bonds is 3. The summed E-state index contributed by atoms with van der Waals surface area (Å²) in [6.07, 6.45) is 5.01. The molecule has 1 aliphatic carbocycles. The average Bonchev–Trinajstić information content (AvgIpc) is 2.68. The molecule has 0 radical (unpaired) electrons. The van der Waals surface area contributed by atoms with Crippen molar-refractivity contribution in [1.82, 2.24) is 4.72 Å². The van der Waals surface area contributed by atoms with Crippen molar-refractivity contribution in [3.63, 3.8) is 0 Å². The van der Waals surface area contributed by atoms with E-state index in [1.807, 2.05) is 12.2 Å². The van der Waals surface area contributed by atoms with E-state index in [2.05, 4.69) is 4.72 Å². The van der Waals surface area contributed by atoms with Crippen LogP contribution in [0.15, 0.2) is 35.2 Å². The summed E-state index contributed by atoms with van der Waals surface area (Å²) in [4.78, 5) is -0.466. The first-order chi connectivity index (χ1) is 8.00. The zero-order chi connectivity index (χ0) is 12.5. The minimum Gasteiger partial charge on any atom is -0.398 e. The van der Waals surface area contributed by atoms with Crippen LogP contribution in [0, 0.1) is 5.82 Å². The summed E-state index contributed by atoms with van der Waals surface area (Å²) < 4.78 is 39.9. The standard InChI is InChI=1S/C11H13FN2O2S/c12-9-6-3-7-10(13)11(9)17(15,16)14-8-4-1-2-5-8/h1-3,6-8,14H,4-5,13H2. The third-order valence-corrected chi connectivity index (χ3v) is 4.21. The molecule has 0 fully saturated rings. The van der Waals surface area contributed by atoms with E-state index in [1.165, 1.54) is 12.1 Å². The number of halogens is 1. The van der Waals surface area contributed by atoms with Crippen molar-refractivity contribution in [2.75, 3.05) is 5.73 Å². The largest absolute Gasteiger partial charge is 0.398 e. The Bertz CT molecular complexity index is 526. The highest BCUT2D eigenvalue weighted by molar-refractivity contribution is 7.89. The lowest BCUT2D eigenvalue weighted by atomic mass is 10.3. The molecule has 0 aliphatic heterocycles. The summed E-state index contributed by atoms with van der Waals surface area (Å²) in [5.74, 6) is -0.830. The van der Waals surface area contributed by atoms with Crippen molar-refractivity contribution in [2.45, 2.75) is 23.8 Å². The van der Waals surface area contributed by atoms with E-state index in [0.29, 0.717) is 12.8 Å². The van der Waals surface area contributed by atoms with Crippen LogP contribution in [-0.4, -0.2) is 14.5 Å². The maximum atomic E-state index is 13.5. The number of benzene rings is 1. The normalized spacial score (nSPS) is 16.5. The Kier molecular flexibility index (Phi) is 3.17. The molecule has 1 aromatic rings. The number of hydrogen-bond acceptors (Lipinski definition) is 3. The molecule has 0 bridgehead atoms. The molecule has 0 heterocycles.